The molecule has 1 heterocycles. The number of Topliss-reactive ketones (excluding diaryl/α,β-unsaturated/α-hetero) is 1. The number of pyridine rings is 1. The van der Waals surface area contributed by atoms with Crippen LogP contribution in [0.5, 0.6) is 0 Å². The lowest BCUT2D eigenvalue weighted by Crippen LogP contribution is -2.41. The van der Waals surface area contributed by atoms with Crippen LogP contribution >= 0.6 is 0 Å². The molecule has 3 aromatic carbocycles. The van der Waals surface area contributed by atoms with Gasteiger partial charge in [0.2, 0.25) is 11.8 Å². The Labute approximate surface area is 153 Å². The van der Waals surface area contributed by atoms with Crippen molar-refractivity contribution >= 4 is 16.6 Å². The summed E-state index contributed by atoms with van der Waals surface area (Å²) < 4.78 is 1.98. The molecule has 126 valence electrons. The number of rotatable bonds is 4. The molecular formula is C24H20NO+. The first-order valence-corrected chi connectivity index (χ1v) is 8.81. The summed E-state index contributed by atoms with van der Waals surface area (Å²) in [4.78, 5) is 12.9. The number of hydrogen-bond donors (Lipinski definition) is 0. The smallest absolute Gasteiger partial charge is 0.230 e. The number of aromatic nitrogens is 1. The molecule has 1 unspecified atom stereocenters. The molecule has 0 aliphatic carbocycles. The highest BCUT2D eigenvalue weighted by Gasteiger charge is 2.23. The number of nitrogens with zero attached hydrogens (tertiary/aromatic N) is 1. The van der Waals surface area contributed by atoms with E-state index in [1.165, 1.54) is 5.39 Å². The molecule has 0 aliphatic rings. The molecule has 0 saturated heterocycles. The summed E-state index contributed by atoms with van der Waals surface area (Å²) in [6, 6.07) is 28.0. The zero-order valence-electron chi connectivity index (χ0n) is 14.7. The lowest BCUT2D eigenvalue weighted by Gasteiger charge is -2.08. The molecule has 2 heteroatoms. The Bertz CT molecular complexity index is 1050. The maximum Gasteiger partial charge on any atom is 0.230 e. The molecule has 1 atom stereocenters. The number of hydrogen-bond acceptors (Lipinski definition) is 1. The van der Waals surface area contributed by atoms with Crippen molar-refractivity contribution in [2.75, 3.05) is 0 Å². The van der Waals surface area contributed by atoms with Gasteiger partial charge in [0.25, 0.3) is 0 Å². The molecule has 0 saturated carbocycles. The van der Waals surface area contributed by atoms with E-state index in [0.717, 1.165) is 22.1 Å². The molecule has 26 heavy (non-hydrogen) atoms. The molecule has 4 aromatic rings. The van der Waals surface area contributed by atoms with Gasteiger partial charge in [-0.3, -0.25) is 4.79 Å². The van der Waals surface area contributed by atoms with Gasteiger partial charge in [0.05, 0.1) is 0 Å². The third-order valence-electron chi connectivity index (χ3n) is 4.81. The molecule has 1 aromatic heterocycles. The van der Waals surface area contributed by atoms with E-state index in [2.05, 4.69) is 30.3 Å². The summed E-state index contributed by atoms with van der Waals surface area (Å²) in [5.74, 6) is 0.116. The average Bonchev–Trinajstić information content (AvgIpc) is 2.73. The summed E-state index contributed by atoms with van der Waals surface area (Å²) in [6.07, 6.45) is 4.01. The normalized spacial score (nSPS) is 12.0. The molecular weight excluding hydrogens is 318 g/mol. The summed E-state index contributed by atoms with van der Waals surface area (Å²) in [5, 5.41) is 2.31. The van der Waals surface area contributed by atoms with Crippen LogP contribution in [0.4, 0.5) is 0 Å². The lowest BCUT2D eigenvalue weighted by molar-refractivity contribution is -0.703. The Hall–Kier alpha value is -3.26. The molecule has 2 nitrogen and oxygen atoms in total. The fourth-order valence-electron chi connectivity index (χ4n) is 3.23. The van der Waals surface area contributed by atoms with E-state index in [4.69, 9.17) is 0 Å². The van der Waals surface area contributed by atoms with Crippen molar-refractivity contribution in [2.45, 2.75) is 13.0 Å². The third-order valence-corrected chi connectivity index (χ3v) is 4.81. The van der Waals surface area contributed by atoms with Gasteiger partial charge in [-0.25, -0.2) is 0 Å². The van der Waals surface area contributed by atoms with E-state index in [1.54, 1.807) is 0 Å². The van der Waals surface area contributed by atoms with Crippen LogP contribution in [0.15, 0.2) is 97.3 Å². The highest BCUT2D eigenvalue weighted by molar-refractivity contribution is 5.98. The van der Waals surface area contributed by atoms with Crippen molar-refractivity contribution < 1.29 is 9.36 Å². The van der Waals surface area contributed by atoms with Crippen molar-refractivity contribution in [2.24, 2.45) is 0 Å². The van der Waals surface area contributed by atoms with Crippen molar-refractivity contribution in [3.8, 4) is 11.1 Å². The number of fused-ring (bicyclic) bond motifs is 1. The minimum Gasteiger partial charge on any atom is -0.287 e. The Balaban J connectivity index is 1.59. The van der Waals surface area contributed by atoms with E-state index < -0.39 is 0 Å². The zero-order chi connectivity index (χ0) is 17.9. The molecule has 0 amide bonds. The van der Waals surface area contributed by atoms with Crippen molar-refractivity contribution in [3.05, 3.63) is 103 Å². The minimum atomic E-state index is -0.248. The Kier molecular flexibility index (Phi) is 4.32. The van der Waals surface area contributed by atoms with Gasteiger partial charge in [0, 0.05) is 23.9 Å². The van der Waals surface area contributed by atoms with E-state index in [0.29, 0.717) is 0 Å². The monoisotopic (exact) mass is 338 g/mol. The molecule has 0 radical (unpaired) electrons. The van der Waals surface area contributed by atoms with Gasteiger partial charge in [-0.1, -0.05) is 72.8 Å². The molecule has 0 bridgehead atoms. The van der Waals surface area contributed by atoms with Crippen LogP contribution < -0.4 is 4.57 Å². The van der Waals surface area contributed by atoms with Crippen LogP contribution in [0.2, 0.25) is 0 Å². The highest BCUT2D eigenvalue weighted by Crippen LogP contribution is 2.20. The first-order chi connectivity index (χ1) is 12.7. The predicted octanol–water partition coefficient (Wildman–Crippen LogP) is 5.24. The van der Waals surface area contributed by atoms with Crippen LogP contribution in [0.1, 0.15) is 23.3 Å². The second-order valence-electron chi connectivity index (χ2n) is 6.50. The molecule has 0 N–H and O–H groups in total. The van der Waals surface area contributed by atoms with Crippen LogP contribution in [-0.2, 0) is 0 Å². The number of benzene rings is 3. The van der Waals surface area contributed by atoms with Crippen LogP contribution in [0, 0.1) is 0 Å². The topological polar surface area (TPSA) is 20.9 Å². The fraction of sp³-hybridized carbons (Fsp3) is 0.0833. The summed E-state index contributed by atoms with van der Waals surface area (Å²) in [7, 11) is 0. The first kappa shape index (κ1) is 16.2. The molecule has 0 aliphatic heterocycles. The van der Waals surface area contributed by atoms with Gasteiger partial charge in [0.15, 0.2) is 12.4 Å². The molecule has 0 fully saturated rings. The molecule has 0 spiro atoms. The van der Waals surface area contributed by atoms with Crippen LogP contribution in [-0.4, -0.2) is 5.78 Å². The Morgan fingerprint density at radius 1 is 0.731 bits per heavy atom. The quantitative estimate of drug-likeness (QED) is 0.368. The second-order valence-corrected chi connectivity index (χ2v) is 6.50. The lowest BCUT2D eigenvalue weighted by atomic mass is 10.00. The van der Waals surface area contributed by atoms with Gasteiger partial charge >= 0.3 is 0 Å². The standard InChI is InChI=1S/C24H20NO/c1-18(25-16-15-20-9-5-6-10-23(20)17-25)24(26)22-13-11-21(12-14-22)19-7-3-2-4-8-19/h2-18H,1H3/q+1. The van der Waals surface area contributed by atoms with E-state index in [9.17, 15) is 4.79 Å². The second kappa shape index (κ2) is 6.93. The van der Waals surface area contributed by atoms with E-state index in [1.807, 2.05) is 78.5 Å². The maximum absolute atomic E-state index is 12.9. The Morgan fingerprint density at radius 2 is 1.35 bits per heavy atom. The Morgan fingerprint density at radius 3 is 2.08 bits per heavy atom. The van der Waals surface area contributed by atoms with Gasteiger partial charge in [-0.05, 0) is 22.6 Å². The number of carbonyl (C=O) groups is 1. The predicted molar refractivity (Wildman–Crippen MR) is 105 cm³/mol. The zero-order valence-corrected chi connectivity index (χ0v) is 14.7. The summed E-state index contributed by atoms with van der Waals surface area (Å²) in [5.41, 5.74) is 3.01. The summed E-state index contributed by atoms with van der Waals surface area (Å²) in [6.45, 7) is 1.95. The van der Waals surface area contributed by atoms with E-state index >= 15 is 0 Å². The van der Waals surface area contributed by atoms with Crippen molar-refractivity contribution in [3.63, 3.8) is 0 Å². The van der Waals surface area contributed by atoms with E-state index in [-0.39, 0.29) is 11.8 Å². The molecule has 4 rings (SSSR count). The summed E-state index contributed by atoms with van der Waals surface area (Å²) >= 11 is 0. The third kappa shape index (κ3) is 3.14. The fourth-order valence-corrected chi connectivity index (χ4v) is 3.23. The van der Waals surface area contributed by atoms with Gasteiger partial charge in [0.1, 0.15) is 0 Å². The van der Waals surface area contributed by atoms with Gasteiger partial charge < -0.3 is 0 Å². The van der Waals surface area contributed by atoms with Gasteiger partial charge in [-0.2, -0.15) is 4.57 Å². The van der Waals surface area contributed by atoms with Crippen LogP contribution in [0.25, 0.3) is 21.9 Å². The number of ketones is 1. The highest BCUT2D eigenvalue weighted by atomic mass is 16.1. The maximum atomic E-state index is 12.9. The van der Waals surface area contributed by atoms with Crippen molar-refractivity contribution in [1.82, 2.24) is 0 Å². The number of carbonyl (C=O) groups excluding carboxylic acids is 1. The first-order valence-electron chi connectivity index (χ1n) is 8.81. The average molecular weight is 338 g/mol. The largest absolute Gasteiger partial charge is 0.287 e. The van der Waals surface area contributed by atoms with Crippen LogP contribution in [0.3, 0.4) is 0 Å². The minimum absolute atomic E-state index is 0.116. The van der Waals surface area contributed by atoms with Crippen molar-refractivity contribution in [1.29, 1.82) is 0 Å². The SMILES string of the molecule is CC(C(=O)c1ccc(-c2ccccc2)cc1)[n+]1ccc2ccccc2c1. The van der Waals surface area contributed by atoms with Gasteiger partial charge in [-0.15, -0.1) is 0 Å².